The van der Waals surface area contributed by atoms with Crippen molar-refractivity contribution in [3.8, 4) is 10.6 Å². The lowest BCUT2D eigenvalue weighted by Gasteiger charge is -2.11. The topological polar surface area (TPSA) is 29.0 Å². The molecule has 1 aromatic heterocycles. The smallest absolute Gasteiger partial charge is 0.171 e. The molecule has 1 aromatic carbocycles. The molecule has 2 aromatic rings. The third-order valence-electron chi connectivity index (χ3n) is 2.04. The second-order valence-corrected chi connectivity index (χ2v) is 5.03. The molecule has 3 nitrogen and oxygen atoms in total. The molecule has 0 spiro atoms. The van der Waals surface area contributed by atoms with Crippen LogP contribution in [0.25, 0.3) is 10.6 Å². The molecular formula is C10H11N3S2. The molecule has 0 aliphatic rings. The molecule has 0 fully saturated rings. The second-order valence-electron chi connectivity index (χ2n) is 3.33. The summed E-state index contributed by atoms with van der Waals surface area (Å²) in [6, 6.07) is 8.22. The Hall–Kier alpha value is -1.07. The third-order valence-corrected chi connectivity index (χ3v) is 3.18. The summed E-state index contributed by atoms with van der Waals surface area (Å²) in [5.41, 5.74) is 2.26. The predicted molar refractivity (Wildman–Crippen MR) is 66.9 cm³/mol. The number of benzene rings is 1. The Bertz CT molecular complexity index is 448. The van der Waals surface area contributed by atoms with Gasteiger partial charge in [0.15, 0.2) is 4.34 Å². The first kappa shape index (κ1) is 10.4. The Balaban J connectivity index is 2.31. The van der Waals surface area contributed by atoms with Gasteiger partial charge in [0.25, 0.3) is 0 Å². The Kier molecular flexibility index (Phi) is 2.93. The SMILES string of the molecule is CN(C)c1ccc(-c2nnc(S)s2)cc1. The molecule has 2 rings (SSSR count). The van der Waals surface area contributed by atoms with E-state index in [2.05, 4.69) is 39.9 Å². The van der Waals surface area contributed by atoms with Crippen LogP contribution in [0.4, 0.5) is 5.69 Å². The molecule has 15 heavy (non-hydrogen) atoms. The highest BCUT2D eigenvalue weighted by Crippen LogP contribution is 2.26. The van der Waals surface area contributed by atoms with E-state index in [1.165, 1.54) is 17.0 Å². The van der Waals surface area contributed by atoms with E-state index in [1.807, 2.05) is 26.2 Å². The molecule has 0 amide bonds. The molecule has 0 saturated heterocycles. The summed E-state index contributed by atoms with van der Waals surface area (Å²) < 4.78 is 0.696. The highest BCUT2D eigenvalue weighted by Gasteiger charge is 2.04. The van der Waals surface area contributed by atoms with E-state index in [4.69, 9.17) is 0 Å². The number of nitrogens with zero attached hydrogens (tertiary/aromatic N) is 3. The van der Waals surface area contributed by atoms with Crippen molar-refractivity contribution in [2.45, 2.75) is 4.34 Å². The summed E-state index contributed by atoms with van der Waals surface area (Å²) in [4.78, 5) is 2.06. The Morgan fingerprint density at radius 2 is 1.80 bits per heavy atom. The van der Waals surface area contributed by atoms with Crippen molar-refractivity contribution >= 4 is 29.7 Å². The van der Waals surface area contributed by atoms with Crippen LogP contribution in [0.3, 0.4) is 0 Å². The fraction of sp³-hybridized carbons (Fsp3) is 0.200. The summed E-state index contributed by atoms with van der Waals surface area (Å²) >= 11 is 5.63. The molecule has 78 valence electrons. The third kappa shape index (κ3) is 2.30. The van der Waals surface area contributed by atoms with Gasteiger partial charge in [-0.15, -0.1) is 22.8 Å². The van der Waals surface area contributed by atoms with E-state index in [0.29, 0.717) is 4.34 Å². The Morgan fingerprint density at radius 3 is 2.27 bits per heavy atom. The summed E-state index contributed by atoms with van der Waals surface area (Å²) in [6.07, 6.45) is 0. The first-order valence-electron chi connectivity index (χ1n) is 4.47. The number of anilines is 1. The zero-order chi connectivity index (χ0) is 10.8. The molecular weight excluding hydrogens is 226 g/mol. The van der Waals surface area contributed by atoms with Gasteiger partial charge < -0.3 is 4.90 Å². The summed E-state index contributed by atoms with van der Waals surface area (Å²) in [6.45, 7) is 0. The van der Waals surface area contributed by atoms with Crippen LogP contribution >= 0.6 is 24.0 Å². The van der Waals surface area contributed by atoms with Gasteiger partial charge in [0.1, 0.15) is 5.01 Å². The molecule has 0 radical (unpaired) electrons. The molecule has 0 aliphatic heterocycles. The van der Waals surface area contributed by atoms with Gasteiger partial charge in [-0.2, -0.15) is 0 Å². The minimum absolute atomic E-state index is 0.696. The highest BCUT2D eigenvalue weighted by molar-refractivity contribution is 7.82. The van der Waals surface area contributed by atoms with Gasteiger partial charge in [0.05, 0.1) is 0 Å². The summed E-state index contributed by atoms with van der Waals surface area (Å²) in [7, 11) is 4.04. The highest BCUT2D eigenvalue weighted by atomic mass is 32.2. The van der Waals surface area contributed by atoms with Gasteiger partial charge in [-0.3, -0.25) is 0 Å². The van der Waals surface area contributed by atoms with Gasteiger partial charge in [-0.1, -0.05) is 11.3 Å². The van der Waals surface area contributed by atoms with Crippen molar-refractivity contribution < 1.29 is 0 Å². The van der Waals surface area contributed by atoms with Crippen molar-refractivity contribution in [1.29, 1.82) is 0 Å². The van der Waals surface area contributed by atoms with E-state index in [9.17, 15) is 0 Å². The molecule has 5 heteroatoms. The lowest BCUT2D eigenvalue weighted by molar-refractivity contribution is 1.02. The second kappa shape index (κ2) is 4.20. The molecule has 0 atom stereocenters. The maximum Gasteiger partial charge on any atom is 0.171 e. The van der Waals surface area contributed by atoms with E-state index in [0.717, 1.165) is 10.6 Å². The van der Waals surface area contributed by atoms with Crippen LogP contribution in [0.1, 0.15) is 0 Å². The van der Waals surface area contributed by atoms with Crippen molar-refractivity contribution in [3.63, 3.8) is 0 Å². The molecule has 0 unspecified atom stereocenters. The van der Waals surface area contributed by atoms with Crippen LogP contribution in [0.5, 0.6) is 0 Å². The Morgan fingerprint density at radius 1 is 1.13 bits per heavy atom. The lowest BCUT2D eigenvalue weighted by atomic mass is 10.2. The van der Waals surface area contributed by atoms with Crippen LogP contribution in [-0.4, -0.2) is 24.3 Å². The molecule has 0 saturated carbocycles. The monoisotopic (exact) mass is 237 g/mol. The first-order chi connectivity index (χ1) is 7.16. The normalized spacial score (nSPS) is 10.3. The molecule has 0 aliphatic carbocycles. The standard InChI is InChI=1S/C10H11N3S2/c1-13(2)8-5-3-7(4-6-8)9-11-12-10(14)15-9/h3-6H,1-2H3,(H,12,14). The minimum Gasteiger partial charge on any atom is -0.378 e. The van der Waals surface area contributed by atoms with Crippen LogP contribution in [0.2, 0.25) is 0 Å². The zero-order valence-corrected chi connectivity index (χ0v) is 10.2. The summed E-state index contributed by atoms with van der Waals surface area (Å²) in [5.74, 6) is 0. The number of rotatable bonds is 2. The van der Waals surface area contributed by atoms with E-state index < -0.39 is 0 Å². The van der Waals surface area contributed by atoms with Crippen LogP contribution in [-0.2, 0) is 0 Å². The van der Waals surface area contributed by atoms with E-state index in [-0.39, 0.29) is 0 Å². The first-order valence-corrected chi connectivity index (χ1v) is 5.73. The van der Waals surface area contributed by atoms with E-state index in [1.54, 1.807) is 0 Å². The Labute approximate surface area is 98.2 Å². The van der Waals surface area contributed by atoms with Crippen molar-refractivity contribution in [2.75, 3.05) is 19.0 Å². The van der Waals surface area contributed by atoms with Crippen molar-refractivity contribution in [2.24, 2.45) is 0 Å². The van der Waals surface area contributed by atoms with Gasteiger partial charge in [-0.05, 0) is 24.3 Å². The predicted octanol–water partition coefficient (Wildman–Crippen LogP) is 2.56. The fourth-order valence-corrected chi connectivity index (χ4v) is 2.13. The average Bonchev–Trinajstić information content (AvgIpc) is 2.65. The lowest BCUT2D eigenvalue weighted by Crippen LogP contribution is -2.07. The van der Waals surface area contributed by atoms with Gasteiger partial charge in [0, 0.05) is 25.3 Å². The van der Waals surface area contributed by atoms with Crippen molar-refractivity contribution in [1.82, 2.24) is 10.2 Å². The van der Waals surface area contributed by atoms with Crippen LogP contribution in [0.15, 0.2) is 28.6 Å². The maximum atomic E-state index is 4.15. The van der Waals surface area contributed by atoms with Gasteiger partial charge in [-0.25, -0.2) is 0 Å². The maximum absolute atomic E-state index is 4.15. The largest absolute Gasteiger partial charge is 0.378 e. The van der Waals surface area contributed by atoms with Gasteiger partial charge >= 0.3 is 0 Å². The number of thiol groups is 1. The zero-order valence-electron chi connectivity index (χ0n) is 8.51. The molecule has 0 bridgehead atoms. The number of hydrogen-bond acceptors (Lipinski definition) is 5. The summed E-state index contributed by atoms with van der Waals surface area (Å²) in [5, 5.41) is 8.82. The number of hydrogen-bond donors (Lipinski definition) is 1. The average molecular weight is 237 g/mol. The van der Waals surface area contributed by atoms with E-state index >= 15 is 0 Å². The number of aromatic nitrogens is 2. The van der Waals surface area contributed by atoms with Gasteiger partial charge in [0.2, 0.25) is 0 Å². The van der Waals surface area contributed by atoms with Crippen LogP contribution < -0.4 is 4.90 Å². The quantitative estimate of drug-likeness (QED) is 0.814. The fourth-order valence-electron chi connectivity index (χ4n) is 1.23. The van der Waals surface area contributed by atoms with Crippen LogP contribution in [0, 0.1) is 0 Å². The molecule has 0 N–H and O–H groups in total. The minimum atomic E-state index is 0.696. The van der Waals surface area contributed by atoms with Crippen molar-refractivity contribution in [3.05, 3.63) is 24.3 Å². The molecule has 1 heterocycles.